The molecular formula is C16H23NO2. The first-order chi connectivity index (χ1) is 9.19. The van der Waals surface area contributed by atoms with Crippen LogP contribution >= 0.6 is 0 Å². The third kappa shape index (κ3) is 2.98. The maximum atomic E-state index is 12.5. The molecule has 3 heteroatoms. The number of hydrogen-bond acceptors (Lipinski definition) is 3. The van der Waals surface area contributed by atoms with Crippen LogP contribution in [-0.2, 0) is 16.0 Å². The molecule has 1 fully saturated rings. The molecule has 1 saturated heterocycles. The van der Waals surface area contributed by atoms with Gasteiger partial charge in [-0.05, 0) is 45.3 Å². The molecule has 0 N–H and O–H groups in total. The van der Waals surface area contributed by atoms with Crippen molar-refractivity contribution in [1.29, 1.82) is 0 Å². The molecule has 1 aromatic carbocycles. The quantitative estimate of drug-likeness (QED) is 0.780. The van der Waals surface area contributed by atoms with Gasteiger partial charge in [-0.3, -0.25) is 9.69 Å². The van der Waals surface area contributed by atoms with Crippen molar-refractivity contribution in [3.63, 3.8) is 0 Å². The number of ether oxygens (including phenoxy) is 1. The summed E-state index contributed by atoms with van der Waals surface area (Å²) in [6.07, 6.45) is 3.88. The van der Waals surface area contributed by atoms with E-state index in [0.29, 0.717) is 6.61 Å². The first-order valence-electron chi connectivity index (χ1n) is 7.11. The van der Waals surface area contributed by atoms with E-state index in [2.05, 4.69) is 17.0 Å². The van der Waals surface area contributed by atoms with Crippen LogP contribution in [0, 0.1) is 0 Å². The van der Waals surface area contributed by atoms with E-state index in [0.717, 1.165) is 32.2 Å². The van der Waals surface area contributed by atoms with Crippen molar-refractivity contribution in [1.82, 2.24) is 4.90 Å². The molecule has 1 aliphatic heterocycles. The molecule has 104 valence electrons. The fraction of sp³-hybridized carbons (Fsp3) is 0.562. The van der Waals surface area contributed by atoms with Crippen molar-refractivity contribution < 1.29 is 9.53 Å². The number of nitrogens with zero attached hydrogens (tertiary/aromatic N) is 1. The van der Waals surface area contributed by atoms with Gasteiger partial charge in [0, 0.05) is 6.42 Å². The highest BCUT2D eigenvalue weighted by atomic mass is 16.5. The second kappa shape index (κ2) is 6.20. The number of likely N-dealkylation sites (tertiary alicyclic amines) is 1. The summed E-state index contributed by atoms with van der Waals surface area (Å²) < 4.78 is 5.35. The smallest absolute Gasteiger partial charge is 0.326 e. The van der Waals surface area contributed by atoms with E-state index < -0.39 is 5.54 Å². The van der Waals surface area contributed by atoms with Crippen LogP contribution in [0.4, 0.5) is 0 Å². The van der Waals surface area contributed by atoms with Crippen molar-refractivity contribution in [3.05, 3.63) is 35.9 Å². The number of piperidine rings is 1. The minimum absolute atomic E-state index is 0.0685. The largest absolute Gasteiger partial charge is 0.465 e. The lowest BCUT2D eigenvalue weighted by atomic mass is 9.81. The lowest BCUT2D eigenvalue weighted by molar-refractivity contribution is -0.159. The van der Waals surface area contributed by atoms with E-state index >= 15 is 0 Å². The Morgan fingerprint density at radius 1 is 1.32 bits per heavy atom. The molecular weight excluding hydrogens is 238 g/mol. The topological polar surface area (TPSA) is 29.5 Å². The van der Waals surface area contributed by atoms with Crippen LogP contribution in [0.15, 0.2) is 30.3 Å². The maximum Gasteiger partial charge on any atom is 0.326 e. The Morgan fingerprint density at radius 2 is 2.05 bits per heavy atom. The molecule has 1 aliphatic rings. The molecule has 2 rings (SSSR count). The van der Waals surface area contributed by atoms with E-state index in [-0.39, 0.29) is 5.97 Å². The Balaban J connectivity index is 2.25. The number of likely N-dealkylation sites (N-methyl/N-ethyl adjacent to an activating group) is 1. The second-order valence-corrected chi connectivity index (χ2v) is 5.29. The van der Waals surface area contributed by atoms with Crippen molar-refractivity contribution in [3.8, 4) is 0 Å². The Morgan fingerprint density at radius 3 is 2.68 bits per heavy atom. The fourth-order valence-electron chi connectivity index (χ4n) is 2.92. The van der Waals surface area contributed by atoms with E-state index in [4.69, 9.17) is 4.74 Å². The van der Waals surface area contributed by atoms with Gasteiger partial charge in [-0.1, -0.05) is 30.3 Å². The van der Waals surface area contributed by atoms with Gasteiger partial charge in [-0.2, -0.15) is 0 Å². The zero-order valence-corrected chi connectivity index (χ0v) is 11.9. The van der Waals surface area contributed by atoms with Gasteiger partial charge in [0.25, 0.3) is 0 Å². The molecule has 3 nitrogen and oxygen atoms in total. The summed E-state index contributed by atoms with van der Waals surface area (Å²) in [5, 5.41) is 0. The maximum absolute atomic E-state index is 12.5. The molecule has 1 heterocycles. The standard InChI is InChI=1S/C16H23NO2/c1-3-19-15(18)16(11-7-8-12-17(16)2)13-14-9-5-4-6-10-14/h4-6,9-10H,3,7-8,11-13H2,1-2H3. The number of esters is 1. The monoisotopic (exact) mass is 261 g/mol. The normalized spacial score (nSPS) is 24.1. The first kappa shape index (κ1) is 14.1. The Labute approximate surface area is 115 Å². The van der Waals surface area contributed by atoms with E-state index in [1.807, 2.05) is 32.2 Å². The lowest BCUT2D eigenvalue weighted by Crippen LogP contribution is -2.57. The van der Waals surface area contributed by atoms with Crippen LogP contribution < -0.4 is 0 Å². The summed E-state index contributed by atoms with van der Waals surface area (Å²) in [6.45, 7) is 3.28. The first-order valence-corrected chi connectivity index (χ1v) is 7.11. The highest BCUT2D eigenvalue weighted by molar-refractivity contribution is 5.81. The van der Waals surface area contributed by atoms with Gasteiger partial charge in [0.2, 0.25) is 0 Å². The summed E-state index contributed by atoms with van der Waals surface area (Å²) in [6, 6.07) is 10.2. The van der Waals surface area contributed by atoms with Gasteiger partial charge in [0.1, 0.15) is 5.54 Å². The van der Waals surface area contributed by atoms with Gasteiger partial charge >= 0.3 is 5.97 Å². The summed E-state index contributed by atoms with van der Waals surface area (Å²) >= 11 is 0. The fourth-order valence-corrected chi connectivity index (χ4v) is 2.92. The Hall–Kier alpha value is -1.35. The molecule has 1 aromatic rings. The average Bonchev–Trinajstić information content (AvgIpc) is 2.43. The molecule has 0 amide bonds. The summed E-state index contributed by atoms with van der Waals surface area (Å²) in [5.41, 5.74) is 0.722. The predicted octanol–water partition coefficient (Wildman–Crippen LogP) is 2.65. The van der Waals surface area contributed by atoms with Gasteiger partial charge in [0.05, 0.1) is 6.61 Å². The summed E-state index contributed by atoms with van der Waals surface area (Å²) in [7, 11) is 2.04. The second-order valence-electron chi connectivity index (χ2n) is 5.29. The van der Waals surface area contributed by atoms with Crippen LogP contribution in [-0.4, -0.2) is 36.6 Å². The summed E-state index contributed by atoms with van der Waals surface area (Å²) in [4.78, 5) is 14.7. The molecule has 0 aliphatic carbocycles. The predicted molar refractivity (Wildman–Crippen MR) is 76.0 cm³/mol. The number of benzene rings is 1. The molecule has 0 saturated carbocycles. The number of carbonyl (C=O) groups excluding carboxylic acids is 1. The molecule has 19 heavy (non-hydrogen) atoms. The third-order valence-electron chi connectivity index (χ3n) is 4.06. The average molecular weight is 261 g/mol. The SMILES string of the molecule is CCOC(=O)C1(Cc2ccccc2)CCCCN1C. The molecule has 1 atom stereocenters. The molecule has 0 spiro atoms. The zero-order valence-electron chi connectivity index (χ0n) is 11.9. The number of rotatable bonds is 4. The van der Waals surface area contributed by atoms with Crippen LogP contribution in [0.2, 0.25) is 0 Å². The molecule has 0 radical (unpaired) electrons. The van der Waals surface area contributed by atoms with Crippen LogP contribution in [0.1, 0.15) is 31.7 Å². The van der Waals surface area contributed by atoms with Gasteiger partial charge in [-0.15, -0.1) is 0 Å². The van der Waals surface area contributed by atoms with Crippen molar-refractivity contribution in [2.75, 3.05) is 20.2 Å². The van der Waals surface area contributed by atoms with E-state index in [1.165, 1.54) is 5.56 Å². The lowest BCUT2D eigenvalue weighted by Gasteiger charge is -2.43. The van der Waals surface area contributed by atoms with Crippen LogP contribution in [0.3, 0.4) is 0 Å². The van der Waals surface area contributed by atoms with E-state index in [9.17, 15) is 4.79 Å². The van der Waals surface area contributed by atoms with Gasteiger partial charge < -0.3 is 4.74 Å². The van der Waals surface area contributed by atoms with Gasteiger partial charge in [-0.25, -0.2) is 0 Å². The summed E-state index contributed by atoms with van der Waals surface area (Å²) in [5.74, 6) is -0.0685. The Kier molecular flexibility index (Phi) is 4.59. The minimum Gasteiger partial charge on any atom is -0.465 e. The van der Waals surface area contributed by atoms with Crippen LogP contribution in [0.25, 0.3) is 0 Å². The minimum atomic E-state index is -0.477. The molecule has 1 unspecified atom stereocenters. The third-order valence-corrected chi connectivity index (χ3v) is 4.06. The number of carbonyl (C=O) groups is 1. The van der Waals surface area contributed by atoms with Crippen LogP contribution in [0.5, 0.6) is 0 Å². The molecule has 0 aromatic heterocycles. The van der Waals surface area contributed by atoms with Crippen molar-refractivity contribution >= 4 is 5.97 Å². The van der Waals surface area contributed by atoms with Crippen molar-refractivity contribution in [2.45, 2.75) is 38.1 Å². The highest BCUT2D eigenvalue weighted by Crippen LogP contribution is 2.31. The Bertz CT molecular complexity index is 418. The zero-order chi connectivity index (χ0) is 13.7. The number of hydrogen-bond donors (Lipinski definition) is 0. The van der Waals surface area contributed by atoms with Gasteiger partial charge in [0.15, 0.2) is 0 Å². The molecule has 0 bridgehead atoms. The van der Waals surface area contributed by atoms with Crippen molar-refractivity contribution in [2.24, 2.45) is 0 Å². The highest BCUT2D eigenvalue weighted by Gasteiger charge is 2.44. The van der Waals surface area contributed by atoms with E-state index in [1.54, 1.807) is 0 Å².